The van der Waals surface area contributed by atoms with Gasteiger partial charge in [-0.1, -0.05) is 5.57 Å². The van der Waals surface area contributed by atoms with Crippen LogP contribution in [0.5, 0.6) is 0 Å². The summed E-state index contributed by atoms with van der Waals surface area (Å²) in [5.41, 5.74) is 2.32. The summed E-state index contributed by atoms with van der Waals surface area (Å²) in [6, 6.07) is 5.67. The molecule has 0 atom stereocenters. The van der Waals surface area contributed by atoms with Gasteiger partial charge in [0.2, 0.25) is 5.91 Å². The van der Waals surface area contributed by atoms with Gasteiger partial charge in [-0.15, -0.1) is 0 Å². The number of halogens is 1. The van der Waals surface area contributed by atoms with Crippen LogP contribution in [0.3, 0.4) is 0 Å². The van der Waals surface area contributed by atoms with Gasteiger partial charge in [0.15, 0.2) is 11.6 Å². The molecule has 0 bridgehead atoms. The zero-order valence-corrected chi connectivity index (χ0v) is 18.3. The Hall–Kier alpha value is -3.09. The molecule has 2 aliphatic rings. The lowest BCUT2D eigenvalue weighted by atomic mass is 9.88. The summed E-state index contributed by atoms with van der Waals surface area (Å²) in [7, 11) is 0. The number of carbonyl (C=O) groups excluding carboxylic acids is 3. The number of carbonyl (C=O) groups is 3. The molecule has 32 heavy (non-hydrogen) atoms. The standard InChI is InChI=1S/C25H28FN3O3/c1-17-27-15-22-23(30)10-5-18(16-29(17)22)3-2-4-24(31)28-13-11-20(12-14-28)25(32)19-6-8-21(26)9-7-19/h6-9,15-16,20H,2-5,10-14H2,1H3. The van der Waals surface area contributed by atoms with E-state index in [-0.39, 0.29) is 29.2 Å². The van der Waals surface area contributed by atoms with E-state index in [1.54, 1.807) is 6.20 Å². The average molecular weight is 438 g/mol. The lowest BCUT2D eigenvalue weighted by Gasteiger charge is -2.31. The molecule has 2 aliphatic heterocycles. The number of benzene rings is 1. The van der Waals surface area contributed by atoms with E-state index in [1.165, 1.54) is 24.3 Å². The van der Waals surface area contributed by atoms with Crippen LogP contribution in [-0.2, 0) is 4.79 Å². The molecule has 2 aromatic rings. The first-order valence-electron chi connectivity index (χ1n) is 11.3. The summed E-state index contributed by atoms with van der Waals surface area (Å²) >= 11 is 0. The molecular weight excluding hydrogens is 409 g/mol. The molecule has 1 aromatic heterocycles. The van der Waals surface area contributed by atoms with Gasteiger partial charge in [-0.25, -0.2) is 9.37 Å². The highest BCUT2D eigenvalue weighted by atomic mass is 19.1. The molecule has 0 unspecified atom stereocenters. The van der Waals surface area contributed by atoms with Gasteiger partial charge in [0, 0.05) is 43.6 Å². The molecule has 7 heteroatoms. The molecule has 6 nitrogen and oxygen atoms in total. The number of imidazole rings is 1. The third kappa shape index (κ3) is 4.87. The molecule has 3 heterocycles. The normalized spacial score (nSPS) is 17.0. The number of hydrogen-bond acceptors (Lipinski definition) is 4. The van der Waals surface area contributed by atoms with Crippen LogP contribution in [0.1, 0.15) is 71.6 Å². The molecule has 1 saturated heterocycles. The smallest absolute Gasteiger partial charge is 0.222 e. The van der Waals surface area contributed by atoms with Crippen molar-refractivity contribution in [3.8, 4) is 0 Å². The van der Waals surface area contributed by atoms with Crippen molar-refractivity contribution in [3.05, 3.63) is 58.9 Å². The van der Waals surface area contributed by atoms with Crippen LogP contribution in [0.4, 0.5) is 4.39 Å². The Labute approximate surface area is 187 Å². The van der Waals surface area contributed by atoms with Crippen molar-refractivity contribution in [2.24, 2.45) is 5.92 Å². The minimum absolute atomic E-state index is 0.0288. The van der Waals surface area contributed by atoms with Crippen molar-refractivity contribution in [2.45, 2.75) is 51.9 Å². The van der Waals surface area contributed by atoms with E-state index < -0.39 is 0 Å². The lowest BCUT2D eigenvalue weighted by Crippen LogP contribution is -2.40. The summed E-state index contributed by atoms with van der Waals surface area (Å²) in [5, 5.41) is 0. The van der Waals surface area contributed by atoms with E-state index in [9.17, 15) is 18.8 Å². The number of amides is 1. The van der Waals surface area contributed by atoms with E-state index in [0.29, 0.717) is 56.5 Å². The van der Waals surface area contributed by atoms with Gasteiger partial charge in [-0.05, 0) is 63.3 Å². The van der Waals surface area contributed by atoms with Gasteiger partial charge < -0.3 is 9.47 Å². The number of piperidine rings is 1. The summed E-state index contributed by atoms with van der Waals surface area (Å²) in [4.78, 5) is 43.6. The van der Waals surface area contributed by atoms with Crippen LogP contribution in [0, 0.1) is 18.7 Å². The molecule has 0 radical (unpaired) electrons. The van der Waals surface area contributed by atoms with E-state index in [2.05, 4.69) is 4.98 Å². The first-order valence-corrected chi connectivity index (χ1v) is 11.3. The molecule has 4 rings (SSSR count). The second-order valence-electron chi connectivity index (χ2n) is 8.65. The Balaban J connectivity index is 1.25. The molecule has 1 aromatic carbocycles. The van der Waals surface area contributed by atoms with Crippen molar-refractivity contribution >= 4 is 23.7 Å². The van der Waals surface area contributed by atoms with E-state index in [0.717, 1.165) is 24.2 Å². The summed E-state index contributed by atoms with van der Waals surface area (Å²) in [6.07, 6.45) is 8.05. The van der Waals surface area contributed by atoms with Crippen molar-refractivity contribution in [1.82, 2.24) is 14.5 Å². The number of rotatable bonds is 6. The first-order chi connectivity index (χ1) is 15.4. The second-order valence-corrected chi connectivity index (χ2v) is 8.65. The van der Waals surface area contributed by atoms with Crippen molar-refractivity contribution in [1.29, 1.82) is 0 Å². The molecule has 0 aliphatic carbocycles. The number of aryl methyl sites for hydroxylation is 1. The number of nitrogens with zero attached hydrogens (tertiary/aromatic N) is 3. The third-order valence-electron chi connectivity index (χ3n) is 6.49. The van der Waals surface area contributed by atoms with Crippen molar-refractivity contribution in [2.75, 3.05) is 13.1 Å². The quantitative estimate of drug-likeness (QED) is 0.627. The minimum atomic E-state index is -0.353. The summed E-state index contributed by atoms with van der Waals surface area (Å²) < 4.78 is 14.9. The van der Waals surface area contributed by atoms with Crippen LogP contribution < -0.4 is 0 Å². The number of Topliss-reactive ketones (excluding diaryl/α,β-unsaturated/α-hetero) is 2. The largest absolute Gasteiger partial charge is 0.343 e. The highest BCUT2D eigenvalue weighted by Crippen LogP contribution is 2.25. The SMILES string of the molecule is Cc1ncc2n1C=C(CCCC(=O)N1CCC(C(=O)c3ccc(F)cc3)CC1)CCC2=O. The van der Waals surface area contributed by atoms with Crippen molar-refractivity contribution < 1.29 is 18.8 Å². The van der Waals surface area contributed by atoms with Gasteiger partial charge in [0.05, 0.1) is 6.20 Å². The maximum Gasteiger partial charge on any atom is 0.222 e. The number of allylic oxidation sites excluding steroid dienone is 1. The maximum atomic E-state index is 13.1. The lowest BCUT2D eigenvalue weighted by molar-refractivity contribution is -0.132. The predicted molar refractivity (Wildman–Crippen MR) is 119 cm³/mol. The summed E-state index contributed by atoms with van der Waals surface area (Å²) in [5.74, 6) is 0.566. The highest BCUT2D eigenvalue weighted by Gasteiger charge is 2.28. The number of fused-ring (bicyclic) bond motifs is 1. The average Bonchev–Trinajstić information content (AvgIpc) is 3.08. The molecule has 0 spiro atoms. The van der Waals surface area contributed by atoms with Gasteiger partial charge in [-0.3, -0.25) is 14.4 Å². The fourth-order valence-electron chi connectivity index (χ4n) is 4.53. The Morgan fingerprint density at radius 2 is 1.84 bits per heavy atom. The molecule has 0 N–H and O–H groups in total. The molecule has 168 valence electrons. The van der Waals surface area contributed by atoms with Gasteiger partial charge in [0.1, 0.15) is 17.3 Å². The molecule has 1 amide bonds. The number of hydrogen-bond donors (Lipinski definition) is 0. The Morgan fingerprint density at radius 1 is 1.12 bits per heavy atom. The van der Waals surface area contributed by atoms with E-state index in [1.807, 2.05) is 22.6 Å². The van der Waals surface area contributed by atoms with Gasteiger partial charge in [0.25, 0.3) is 0 Å². The Bertz CT molecular complexity index is 1050. The third-order valence-corrected chi connectivity index (χ3v) is 6.49. The van der Waals surface area contributed by atoms with Crippen LogP contribution in [0.15, 0.2) is 36.0 Å². The topological polar surface area (TPSA) is 72.3 Å². The predicted octanol–water partition coefficient (Wildman–Crippen LogP) is 4.44. The zero-order valence-electron chi connectivity index (χ0n) is 18.3. The van der Waals surface area contributed by atoms with Gasteiger partial charge >= 0.3 is 0 Å². The fourth-order valence-corrected chi connectivity index (χ4v) is 4.53. The number of likely N-dealkylation sites (tertiary alicyclic amines) is 1. The fraction of sp³-hybridized carbons (Fsp3) is 0.440. The van der Waals surface area contributed by atoms with E-state index >= 15 is 0 Å². The van der Waals surface area contributed by atoms with Crippen LogP contribution >= 0.6 is 0 Å². The van der Waals surface area contributed by atoms with Crippen molar-refractivity contribution in [3.63, 3.8) is 0 Å². The van der Waals surface area contributed by atoms with E-state index in [4.69, 9.17) is 0 Å². The molecule has 1 fully saturated rings. The monoisotopic (exact) mass is 437 g/mol. The zero-order chi connectivity index (χ0) is 22.7. The van der Waals surface area contributed by atoms with Crippen LogP contribution in [-0.4, -0.2) is 45.0 Å². The number of aromatic nitrogens is 2. The van der Waals surface area contributed by atoms with Crippen LogP contribution in [0.25, 0.3) is 6.20 Å². The Kier molecular flexibility index (Phi) is 6.63. The molecular formula is C25H28FN3O3. The maximum absolute atomic E-state index is 13.1. The number of ketones is 2. The highest BCUT2D eigenvalue weighted by molar-refractivity contribution is 5.98. The second kappa shape index (κ2) is 9.59. The van der Waals surface area contributed by atoms with Crippen LogP contribution in [0.2, 0.25) is 0 Å². The minimum Gasteiger partial charge on any atom is -0.343 e. The molecule has 0 saturated carbocycles. The summed E-state index contributed by atoms with van der Waals surface area (Å²) in [6.45, 7) is 3.03. The Morgan fingerprint density at radius 3 is 2.56 bits per heavy atom. The first kappa shape index (κ1) is 22.1. The van der Waals surface area contributed by atoms with Gasteiger partial charge in [-0.2, -0.15) is 0 Å².